The van der Waals surface area contributed by atoms with E-state index in [2.05, 4.69) is 0 Å². The summed E-state index contributed by atoms with van der Waals surface area (Å²) in [7, 11) is 0. The average molecular weight is 332 g/mol. The standard InChI is InChI=1S/C17H32O6/c1-9-12(3)14(18)20-22-16(5,6)11-17(7,8)23-21-15(19)13(4)10-2/h12-13H,9-11H2,1-8H3. The summed E-state index contributed by atoms with van der Waals surface area (Å²) in [4.78, 5) is 43.6. The highest BCUT2D eigenvalue weighted by molar-refractivity contribution is 5.71. The molecule has 23 heavy (non-hydrogen) atoms. The van der Waals surface area contributed by atoms with E-state index in [0.29, 0.717) is 19.3 Å². The summed E-state index contributed by atoms with van der Waals surface area (Å²) in [5, 5.41) is 0. The van der Waals surface area contributed by atoms with Gasteiger partial charge in [-0.2, -0.15) is 9.78 Å². The second kappa shape index (κ2) is 9.23. The van der Waals surface area contributed by atoms with Gasteiger partial charge in [0.15, 0.2) is 0 Å². The molecular weight excluding hydrogens is 300 g/mol. The number of carbonyl (C=O) groups is 2. The predicted octanol–water partition coefficient (Wildman–Crippen LogP) is 3.98. The molecule has 136 valence electrons. The highest BCUT2D eigenvalue weighted by Crippen LogP contribution is 2.27. The first-order valence-corrected chi connectivity index (χ1v) is 8.23. The molecule has 0 N–H and O–H groups in total. The van der Waals surface area contributed by atoms with Crippen LogP contribution in [0.3, 0.4) is 0 Å². The van der Waals surface area contributed by atoms with E-state index in [1.807, 2.05) is 13.8 Å². The fraction of sp³-hybridized carbons (Fsp3) is 0.882. The molecule has 0 rings (SSSR count). The van der Waals surface area contributed by atoms with Crippen LogP contribution in [0.5, 0.6) is 0 Å². The van der Waals surface area contributed by atoms with Gasteiger partial charge >= 0.3 is 11.9 Å². The Hall–Kier alpha value is -1.14. The third-order valence-electron chi connectivity index (χ3n) is 3.58. The third-order valence-corrected chi connectivity index (χ3v) is 3.58. The zero-order valence-electron chi connectivity index (χ0n) is 15.7. The Labute approximate surface area is 139 Å². The van der Waals surface area contributed by atoms with Crippen molar-refractivity contribution < 1.29 is 29.1 Å². The molecule has 2 unspecified atom stereocenters. The number of hydrogen-bond donors (Lipinski definition) is 0. The zero-order chi connectivity index (χ0) is 18.3. The van der Waals surface area contributed by atoms with E-state index in [1.165, 1.54) is 0 Å². The second-order valence-corrected chi connectivity index (χ2v) is 7.29. The van der Waals surface area contributed by atoms with Gasteiger partial charge in [0.05, 0.1) is 11.8 Å². The van der Waals surface area contributed by atoms with Crippen LogP contribution in [0.4, 0.5) is 0 Å². The van der Waals surface area contributed by atoms with Crippen LogP contribution in [-0.2, 0) is 29.1 Å². The molecule has 0 aromatic heterocycles. The van der Waals surface area contributed by atoms with Crippen molar-refractivity contribution >= 4 is 11.9 Å². The Morgan fingerprint density at radius 2 is 1.09 bits per heavy atom. The normalized spacial score (nSPS) is 15.0. The van der Waals surface area contributed by atoms with Gasteiger partial charge in [-0.15, -0.1) is 0 Å². The second-order valence-electron chi connectivity index (χ2n) is 7.29. The molecule has 0 bridgehead atoms. The molecule has 2 atom stereocenters. The predicted molar refractivity (Wildman–Crippen MR) is 86.0 cm³/mol. The van der Waals surface area contributed by atoms with Crippen LogP contribution in [0.2, 0.25) is 0 Å². The molecule has 0 aromatic carbocycles. The third kappa shape index (κ3) is 8.91. The van der Waals surface area contributed by atoms with Crippen molar-refractivity contribution in [3.63, 3.8) is 0 Å². The average Bonchev–Trinajstić information content (AvgIpc) is 2.47. The van der Waals surface area contributed by atoms with Crippen molar-refractivity contribution in [2.24, 2.45) is 11.8 Å². The van der Waals surface area contributed by atoms with E-state index >= 15 is 0 Å². The number of carbonyl (C=O) groups excluding carboxylic acids is 2. The van der Waals surface area contributed by atoms with Crippen LogP contribution in [0.1, 0.15) is 74.7 Å². The Morgan fingerprint density at radius 1 is 0.783 bits per heavy atom. The van der Waals surface area contributed by atoms with Gasteiger partial charge in [0.25, 0.3) is 0 Å². The first-order valence-electron chi connectivity index (χ1n) is 8.23. The molecule has 6 nitrogen and oxygen atoms in total. The van der Waals surface area contributed by atoms with E-state index in [4.69, 9.17) is 19.6 Å². The molecule has 6 heteroatoms. The molecule has 0 fully saturated rings. The lowest BCUT2D eigenvalue weighted by Gasteiger charge is -2.31. The lowest BCUT2D eigenvalue weighted by Crippen LogP contribution is -2.39. The van der Waals surface area contributed by atoms with Crippen LogP contribution >= 0.6 is 0 Å². The molecule has 0 heterocycles. The number of hydrogen-bond acceptors (Lipinski definition) is 6. The lowest BCUT2D eigenvalue weighted by atomic mass is 9.93. The van der Waals surface area contributed by atoms with Crippen molar-refractivity contribution in [3.05, 3.63) is 0 Å². The van der Waals surface area contributed by atoms with Gasteiger partial charge in [-0.25, -0.2) is 9.59 Å². The monoisotopic (exact) mass is 332 g/mol. The van der Waals surface area contributed by atoms with E-state index in [-0.39, 0.29) is 11.8 Å². The first kappa shape index (κ1) is 21.9. The van der Waals surface area contributed by atoms with Crippen LogP contribution in [0, 0.1) is 11.8 Å². The highest BCUT2D eigenvalue weighted by Gasteiger charge is 2.35. The van der Waals surface area contributed by atoms with Crippen molar-refractivity contribution in [1.29, 1.82) is 0 Å². The van der Waals surface area contributed by atoms with E-state index in [1.54, 1.807) is 41.5 Å². The summed E-state index contributed by atoms with van der Waals surface area (Å²) in [6.07, 6.45) is 1.73. The SMILES string of the molecule is CCC(C)C(=O)OOC(C)(C)CC(C)(C)OOC(=O)C(C)CC. The Kier molecular flexibility index (Phi) is 8.77. The summed E-state index contributed by atoms with van der Waals surface area (Å²) in [5.41, 5.74) is -1.56. The molecular formula is C17H32O6. The van der Waals surface area contributed by atoms with Gasteiger partial charge in [-0.1, -0.05) is 27.7 Å². The lowest BCUT2D eigenvalue weighted by molar-refractivity contribution is -0.363. The van der Waals surface area contributed by atoms with Crippen molar-refractivity contribution in [1.82, 2.24) is 0 Å². The maximum Gasteiger partial charge on any atom is 0.345 e. The summed E-state index contributed by atoms with van der Waals surface area (Å²) in [6.45, 7) is 14.5. The smallest absolute Gasteiger partial charge is 0.298 e. The van der Waals surface area contributed by atoms with E-state index < -0.39 is 23.1 Å². The Balaban J connectivity index is 4.44. The Bertz CT molecular complexity index is 353. The maximum atomic E-state index is 11.7. The summed E-state index contributed by atoms with van der Waals surface area (Å²) in [5.74, 6) is -1.23. The van der Waals surface area contributed by atoms with Gasteiger partial charge in [0.1, 0.15) is 11.2 Å². The maximum absolute atomic E-state index is 11.7. The van der Waals surface area contributed by atoms with Crippen molar-refractivity contribution in [3.8, 4) is 0 Å². The molecule has 0 aliphatic rings. The summed E-state index contributed by atoms with van der Waals surface area (Å²) in [6, 6.07) is 0. The molecule has 0 aliphatic carbocycles. The highest BCUT2D eigenvalue weighted by atomic mass is 17.2. The van der Waals surface area contributed by atoms with Crippen LogP contribution < -0.4 is 0 Å². The number of rotatable bonds is 10. The summed E-state index contributed by atoms with van der Waals surface area (Å²) >= 11 is 0. The fourth-order valence-corrected chi connectivity index (χ4v) is 1.89. The van der Waals surface area contributed by atoms with Crippen molar-refractivity contribution in [2.75, 3.05) is 0 Å². The van der Waals surface area contributed by atoms with Crippen molar-refractivity contribution in [2.45, 2.75) is 85.9 Å². The van der Waals surface area contributed by atoms with E-state index in [0.717, 1.165) is 0 Å². The molecule has 0 saturated carbocycles. The zero-order valence-corrected chi connectivity index (χ0v) is 15.7. The minimum absolute atomic E-state index is 0.216. The van der Waals surface area contributed by atoms with E-state index in [9.17, 15) is 9.59 Å². The fourth-order valence-electron chi connectivity index (χ4n) is 1.89. The summed E-state index contributed by atoms with van der Waals surface area (Å²) < 4.78 is 0. The first-order chi connectivity index (χ1) is 10.4. The topological polar surface area (TPSA) is 71.1 Å². The molecule has 0 saturated heterocycles. The molecule has 0 aliphatic heterocycles. The minimum atomic E-state index is -0.782. The van der Waals surface area contributed by atoms with Gasteiger partial charge in [-0.05, 0) is 40.5 Å². The van der Waals surface area contributed by atoms with Crippen LogP contribution in [-0.4, -0.2) is 23.1 Å². The Morgan fingerprint density at radius 3 is 1.35 bits per heavy atom. The van der Waals surface area contributed by atoms with Gasteiger partial charge in [0, 0.05) is 6.42 Å². The molecule has 0 radical (unpaired) electrons. The quantitative estimate of drug-likeness (QED) is 0.445. The molecule has 0 aromatic rings. The van der Waals surface area contributed by atoms with Gasteiger partial charge < -0.3 is 0 Å². The minimum Gasteiger partial charge on any atom is -0.298 e. The van der Waals surface area contributed by atoms with Gasteiger partial charge in [0.2, 0.25) is 0 Å². The molecule has 0 amide bonds. The van der Waals surface area contributed by atoms with Crippen LogP contribution in [0.15, 0.2) is 0 Å². The van der Waals surface area contributed by atoms with Gasteiger partial charge in [-0.3, -0.25) is 9.78 Å². The molecule has 0 spiro atoms. The van der Waals surface area contributed by atoms with Crippen LogP contribution in [0.25, 0.3) is 0 Å². The largest absolute Gasteiger partial charge is 0.345 e.